The van der Waals surface area contributed by atoms with E-state index in [0.717, 1.165) is 11.1 Å². The maximum absolute atomic E-state index is 12.5. The number of nitrogens with zero attached hydrogens (tertiary/aromatic N) is 1. The van der Waals surface area contributed by atoms with Gasteiger partial charge >= 0.3 is 0 Å². The second-order valence-electron chi connectivity index (χ2n) is 4.22. The Balaban J connectivity index is 2.52. The zero-order valence-electron chi connectivity index (χ0n) is 10.7. The second-order valence-corrected chi connectivity index (χ2v) is 4.22. The minimum absolute atomic E-state index is 0.0545. The summed E-state index contributed by atoms with van der Waals surface area (Å²) in [7, 11) is 1.57. The van der Waals surface area contributed by atoms with Crippen LogP contribution in [0.5, 0.6) is 5.75 Å². The average molecular weight is 241 g/mol. The zero-order valence-corrected chi connectivity index (χ0v) is 10.7. The number of aromatic nitrogens is 1. The Kier molecular flexibility index (Phi) is 3.42. The maximum Gasteiger partial charge on any atom is 0.198 e. The van der Waals surface area contributed by atoms with Crippen LogP contribution in [0.2, 0.25) is 0 Å². The van der Waals surface area contributed by atoms with E-state index in [-0.39, 0.29) is 5.78 Å². The summed E-state index contributed by atoms with van der Waals surface area (Å²) >= 11 is 0. The van der Waals surface area contributed by atoms with Gasteiger partial charge in [-0.15, -0.1) is 0 Å². The van der Waals surface area contributed by atoms with Crippen LogP contribution in [0.25, 0.3) is 0 Å². The molecule has 0 atom stereocenters. The lowest BCUT2D eigenvalue weighted by Crippen LogP contribution is -2.06. The average Bonchev–Trinajstić information content (AvgIpc) is 2.38. The van der Waals surface area contributed by atoms with E-state index in [4.69, 9.17) is 4.74 Å². The molecule has 1 aromatic carbocycles. The highest BCUT2D eigenvalue weighted by atomic mass is 16.5. The first-order valence-electron chi connectivity index (χ1n) is 5.73. The molecule has 1 heterocycles. The van der Waals surface area contributed by atoms with Crippen LogP contribution in [0.1, 0.15) is 27.0 Å². The largest absolute Gasteiger partial charge is 0.496 e. The maximum atomic E-state index is 12.5. The number of benzene rings is 1. The van der Waals surface area contributed by atoms with Crippen LogP contribution in [-0.2, 0) is 0 Å². The van der Waals surface area contributed by atoms with Crippen LogP contribution in [0, 0.1) is 13.8 Å². The van der Waals surface area contributed by atoms with Gasteiger partial charge in [-0.05, 0) is 37.6 Å². The Morgan fingerprint density at radius 2 is 1.94 bits per heavy atom. The van der Waals surface area contributed by atoms with Crippen molar-refractivity contribution in [3.05, 3.63) is 58.9 Å². The van der Waals surface area contributed by atoms with E-state index >= 15 is 0 Å². The molecule has 0 amide bonds. The standard InChI is InChI=1S/C15H15NO2/c1-10-4-5-14(18-3)12(8-10)15(17)13-9-16-7-6-11(13)2/h4-9H,1-3H3. The normalized spacial score (nSPS) is 10.2. The van der Waals surface area contributed by atoms with Gasteiger partial charge in [-0.2, -0.15) is 0 Å². The summed E-state index contributed by atoms with van der Waals surface area (Å²) < 4.78 is 5.24. The zero-order chi connectivity index (χ0) is 13.1. The molecule has 0 N–H and O–H groups in total. The molecule has 0 spiro atoms. The molecular formula is C15H15NO2. The molecular weight excluding hydrogens is 226 g/mol. The smallest absolute Gasteiger partial charge is 0.198 e. The Morgan fingerprint density at radius 1 is 1.17 bits per heavy atom. The van der Waals surface area contributed by atoms with Gasteiger partial charge in [0.25, 0.3) is 0 Å². The molecule has 0 saturated carbocycles. The van der Waals surface area contributed by atoms with Gasteiger partial charge in [-0.3, -0.25) is 9.78 Å². The number of aryl methyl sites for hydroxylation is 2. The van der Waals surface area contributed by atoms with Crippen molar-refractivity contribution in [2.75, 3.05) is 7.11 Å². The molecule has 2 rings (SSSR count). The van der Waals surface area contributed by atoms with Crippen molar-refractivity contribution in [3.63, 3.8) is 0 Å². The lowest BCUT2D eigenvalue weighted by atomic mass is 9.99. The fourth-order valence-corrected chi connectivity index (χ4v) is 1.85. The molecule has 0 aliphatic rings. The van der Waals surface area contributed by atoms with Crippen LogP contribution in [0.4, 0.5) is 0 Å². The molecule has 0 aliphatic carbocycles. The Morgan fingerprint density at radius 3 is 2.61 bits per heavy atom. The van der Waals surface area contributed by atoms with Crippen molar-refractivity contribution in [3.8, 4) is 5.75 Å². The predicted molar refractivity (Wildman–Crippen MR) is 70.1 cm³/mol. The molecule has 0 radical (unpaired) electrons. The number of hydrogen-bond donors (Lipinski definition) is 0. The number of hydrogen-bond acceptors (Lipinski definition) is 3. The SMILES string of the molecule is COc1ccc(C)cc1C(=O)c1cnccc1C. The number of carbonyl (C=O) groups excluding carboxylic acids is 1. The van der Waals surface area contributed by atoms with Crippen LogP contribution in [-0.4, -0.2) is 17.9 Å². The molecule has 92 valence electrons. The number of ketones is 1. The topological polar surface area (TPSA) is 39.2 Å². The Labute approximate surface area is 106 Å². The van der Waals surface area contributed by atoms with Crippen molar-refractivity contribution >= 4 is 5.78 Å². The summed E-state index contributed by atoms with van der Waals surface area (Å²) in [6, 6.07) is 7.41. The van der Waals surface area contributed by atoms with Crippen molar-refractivity contribution < 1.29 is 9.53 Å². The van der Waals surface area contributed by atoms with Gasteiger partial charge in [-0.25, -0.2) is 0 Å². The van der Waals surface area contributed by atoms with Crippen LogP contribution in [0.3, 0.4) is 0 Å². The van der Waals surface area contributed by atoms with Crippen molar-refractivity contribution in [2.45, 2.75) is 13.8 Å². The third-order valence-corrected chi connectivity index (χ3v) is 2.88. The summed E-state index contributed by atoms with van der Waals surface area (Å²) in [4.78, 5) is 16.5. The quantitative estimate of drug-likeness (QED) is 0.775. The summed E-state index contributed by atoms with van der Waals surface area (Å²) in [5.74, 6) is 0.537. The van der Waals surface area contributed by atoms with Crippen LogP contribution >= 0.6 is 0 Å². The first-order valence-corrected chi connectivity index (χ1v) is 5.73. The predicted octanol–water partition coefficient (Wildman–Crippen LogP) is 2.94. The van der Waals surface area contributed by atoms with E-state index in [1.165, 1.54) is 0 Å². The molecule has 1 aromatic heterocycles. The van der Waals surface area contributed by atoms with E-state index in [9.17, 15) is 4.79 Å². The molecule has 0 fully saturated rings. The monoisotopic (exact) mass is 241 g/mol. The number of rotatable bonds is 3. The summed E-state index contributed by atoms with van der Waals surface area (Å²) in [5.41, 5.74) is 3.13. The van der Waals surface area contributed by atoms with Gasteiger partial charge in [0.15, 0.2) is 5.78 Å². The Hall–Kier alpha value is -2.16. The van der Waals surface area contributed by atoms with E-state index in [1.54, 1.807) is 19.5 Å². The number of methoxy groups -OCH3 is 1. The van der Waals surface area contributed by atoms with Gasteiger partial charge in [0.1, 0.15) is 5.75 Å². The third kappa shape index (κ3) is 2.25. The minimum atomic E-state index is -0.0545. The molecule has 18 heavy (non-hydrogen) atoms. The summed E-state index contributed by atoms with van der Waals surface area (Å²) in [5, 5.41) is 0. The first-order chi connectivity index (χ1) is 8.63. The molecule has 0 bridgehead atoms. The number of carbonyl (C=O) groups is 1. The van der Waals surface area contributed by atoms with Crippen LogP contribution in [0.15, 0.2) is 36.7 Å². The molecule has 0 unspecified atom stereocenters. The fraction of sp³-hybridized carbons (Fsp3) is 0.200. The second kappa shape index (κ2) is 5.00. The fourth-order valence-electron chi connectivity index (χ4n) is 1.85. The first kappa shape index (κ1) is 12.3. The van der Waals surface area contributed by atoms with Crippen molar-refractivity contribution in [1.82, 2.24) is 4.98 Å². The van der Waals surface area contributed by atoms with Crippen LogP contribution < -0.4 is 4.74 Å². The third-order valence-electron chi connectivity index (χ3n) is 2.88. The van der Waals surface area contributed by atoms with E-state index in [0.29, 0.717) is 16.9 Å². The van der Waals surface area contributed by atoms with Gasteiger partial charge in [0, 0.05) is 18.0 Å². The molecule has 3 heteroatoms. The van der Waals surface area contributed by atoms with Gasteiger partial charge in [-0.1, -0.05) is 11.6 Å². The summed E-state index contributed by atoms with van der Waals surface area (Å²) in [6.07, 6.45) is 3.28. The van der Waals surface area contributed by atoms with Crippen molar-refractivity contribution in [1.29, 1.82) is 0 Å². The highest BCUT2D eigenvalue weighted by Gasteiger charge is 2.16. The Bertz CT molecular complexity index is 591. The minimum Gasteiger partial charge on any atom is -0.496 e. The molecule has 0 saturated heterocycles. The van der Waals surface area contributed by atoms with Crippen molar-refractivity contribution in [2.24, 2.45) is 0 Å². The number of pyridine rings is 1. The summed E-state index contributed by atoms with van der Waals surface area (Å²) in [6.45, 7) is 3.85. The van der Waals surface area contributed by atoms with Gasteiger partial charge in [0.2, 0.25) is 0 Å². The van der Waals surface area contributed by atoms with E-state index < -0.39 is 0 Å². The molecule has 2 aromatic rings. The van der Waals surface area contributed by atoms with Gasteiger partial charge < -0.3 is 4.74 Å². The molecule has 3 nitrogen and oxygen atoms in total. The van der Waals surface area contributed by atoms with Gasteiger partial charge in [0.05, 0.1) is 12.7 Å². The lowest BCUT2D eigenvalue weighted by Gasteiger charge is -2.09. The highest BCUT2D eigenvalue weighted by molar-refractivity contribution is 6.11. The van der Waals surface area contributed by atoms with E-state index in [2.05, 4.69) is 4.98 Å². The highest BCUT2D eigenvalue weighted by Crippen LogP contribution is 2.23. The number of ether oxygens (including phenoxy) is 1. The molecule has 0 aliphatic heterocycles. The lowest BCUT2D eigenvalue weighted by molar-refractivity contribution is 0.103. The van der Waals surface area contributed by atoms with E-state index in [1.807, 2.05) is 38.1 Å².